The molecule has 2 aliphatic rings. The van der Waals surface area contributed by atoms with Gasteiger partial charge in [-0.1, -0.05) is 0 Å². The lowest BCUT2D eigenvalue weighted by Gasteiger charge is -2.36. The molecule has 1 atom stereocenters. The van der Waals surface area contributed by atoms with Crippen LogP contribution < -0.4 is 18.9 Å². The van der Waals surface area contributed by atoms with E-state index in [1.165, 1.54) is 0 Å². The highest BCUT2D eigenvalue weighted by Crippen LogP contribution is 2.40. The fourth-order valence-electron chi connectivity index (χ4n) is 5.53. The van der Waals surface area contributed by atoms with Crippen LogP contribution in [0.4, 0.5) is 0 Å². The van der Waals surface area contributed by atoms with E-state index in [-0.39, 0.29) is 17.4 Å². The Balaban J connectivity index is 1.53. The molecule has 8 nitrogen and oxygen atoms in total. The number of ether oxygens (including phenoxy) is 5. The number of aryl methyl sites for hydroxylation is 1. The normalized spacial score (nSPS) is 18.8. The van der Waals surface area contributed by atoms with Crippen LogP contribution in [0.5, 0.6) is 23.0 Å². The minimum absolute atomic E-state index is 0.0559. The van der Waals surface area contributed by atoms with E-state index in [0.29, 0.717) is 55.7 Å². The van der Waals surface area contributed by atoms with E-state index in [1.807, 2.05) is 49.9 Å². The minimum atomic E-state index is -0.292. The Morgan fingerprint density at radius 2 is 1.82 bits per heavy atom. The first-order valence-electron chi connectivity index (χ1n) is 13.0. The number of pyridine rings is 1. The zero-order chi connectivity index (χ0) is 27.0. The average Bonchev–Trinajstić information content (AvgIpc) is 3.13. The van der Waals surface area contributed by atoms with E-state index < -0.39 is 0 Å². The molecule has 2 aliphatic heterocycles. The van der Waals surface area contributed by atoms with E-state index in [1.54, 1.807) is 21.3 Å². The number of rotatable bonds is 5. The van der Waals surface area contributed by atoms with Crippen molar-refractivity contribution in [2.75, 3.05) is 41.1 Å². The fourth-order valence-corrected chi connectivity index (χ4v) is 5.53. The molecule has 1 unspecified atom stereocenters. The second-order valence-electron chi connectivity index (χ2n) is 10.6. The van der Waals surface area contributed by atoms with Crippen molar-refractivity contribution in [1.82, 2.24) is 9.88 Å². The molecule has 0 aliphatic carbocycles. The number of benzene rings is 2. The van der Waals surface area contributed by atoms with Gasteiger partial charge in [0.15, 0.2) is 11.5 Å². The first kappa shape index (κ1) is 26.1. The summed E-state index contributed by atoms with van der Waals surface area (Å²) in [6.07, 6.45) is 1.45. The maximum Gasteiger partial charge on any atom is 0.226 e. The lowest BCUT2D eigenvalue weighted by Crippen LogP contribution is -2.43. The predicted octanol–water partition coefficient (Wildman–Crippen LogP) is 5.16. The van der Waals surface area contributed by atoms with Crippen LogP contribution in [0.2, 0.25) is 0 Å². The smallest absolute Gasteiger partial charge is 0.226 e. The molecule has 0 N–H and O–H groups in total. The van der Waals surface area contributed by atoms with E-state index >= 15 is 0 Å². The van der Waals surface area contributed by atoms with Gasteiger partial charge in [-0.25, -0.2) is 4.98 Å². The summed E-state index contributed by atoms with van der Waals surface area (Å²) in [6.45, 7) is 8.13. The zero-order valence-electron chi connectivity index (χ0n) is 23.1. The molecule has 202 valence electrons. The first-order chi connectivity index (χ1) is 18.2. The van der Waals surface area contributed by atoms with Crippen molar-refractivity contribution in [2.24, 2.45) is 5.92 Å². The molecule has 1 aromatic heterocycles. The van der Waals surface area contributed by atoms with Crippen molar-refractivity contribution in [2.45, 2.75) is 45.8 Å². The van der Waals surface area contributed by atoms with Gasteiger partial charge in [0.1, 0.15) is 23.6 Å². The molecular formula is C30H36N2O6. The number of amides is 1. The third-order valence-electron chi connectivity index (χ3n) is 7.49. The van der Waals surface area contributed by atoms with Gasteiger partial charge in [0.05, 0.1) is 39.2 Å². The van der Waals surface area contributed by atoms with Gasteiger partial charge in [-0.05, 0) is 63.4 Å². The Kier molecular flexibility index (Phi) is 7.09. The average molecular weight is 521 g/mol. The fraction of sp³-hybridized carbons (Fsp3) is 0.467. The SMILES string of the molecule is COc1cc(OC)c2nc(-c3cc4c(c(OC)c3)OCCN(C(=O)C3CCOC(C)(C)C3)C4)cc(C)c2c1. The van der Waals surface area contributed by atoms with Gasteiger partial charge in [-0.2, -0.15) is 0 Å². The Hall–Kier alpha value is -3.52. The summed E-state index contributed by atoms with van der Waals surface area (Å²) in [5.41, 5.74) is 4.08. The van der Waals surface area contributed by atoms with E-state index in [2.05, 4.69) is 6.07 Å². The van der Waals surface area contributed by atoms with Gasteiger partial charge in [0, 0.05) is 41.6 Å². The van der Waals surface area contributed by atoms with Gasteiger partial charge in [-0.15, -0.1) is 0 Å². The molecular weight excluding hydrogens is 484 g/mol. The Morgan fingerprint density at radius 3 is 2.53 bits per heavy atom. The Bertz CT molecular complexity index is 1370. The molecule has 8 heteroatoms. The molecule has 5 rings (SSSR count). The van der Waals surface area contributed by atoms with Crippen LogP contribution in [0.25, 0.3) is 22.2 Å². The van der Waals surface area contributed by atoms with Crippen LogP contribution in [0.3, 0.4) is 0 Å². The monoisotopic (exact) mass is 520 g/mol. The molecule has 0 bridgehead atoms. The molecule has 1 saturated heterocycles. The summed E-state index contributed by atoms with van der Waals surface area (Å²) in [7, 11) is 4.90. The van der Waals surface area contributed by atoms with Crippen LogP contribution in [-0.4, -0.2) is 62.5 Å². The summed E-state index contributed by atoms with van der Waals surface area (Å²) < 4.78 is 28.8. The van der Waals surface area contributed by atoms with Gasteiger partial charge in [0.25, 0.3) is 0 Å². The maximum absolute atomic E-state index is 13.6. The van der Waals surface area contributed by atoms with E-state index in [9.17, 15) is 4.79 Å². The standard InChI is InChI=1S/C30H36N2O6/c1-18-11-24(31-27-23(18)14-22(34-4)15-25(27)35-5)20-12-21-17-32(8-10-37-28(21)26(13-20)36-6)29(33)19-7-9-38-30(2,3)16-19/h11-15,19H,7-10,16-17H2,1-6H3. The molecule has 1 fully saturated rings. The lowest BCUT2D eigenvalue weighted by molar-refractivity contribution is -0.146. The highest BCUT2D eigenvalue weighted by atomic mass is 16.5. The van der Waals surface area contributed by atoms with Crippen LogP contribution in [-0.2, 0) is 16.1 Å². The minimum Gasteiger partial charge on any atom is -0.497 e. The van der Waals surface area contributed by atoms with Crippen molar-refractivity contribution < 1.29 is 28.5 Å². The van der Waals surface area contributed by atoms with Gasteiger partial charge in [0.2, 0.25) is 5.91 Å². The number of hydrogen-bond acceptors (Lipinski definition) is 7. The van der Waals surface area contributed by atoms with Gasteiger partial charge < -0.3 is 28.6 Å². The molecule has 0 radical (unpaired) electrons. The molecule has 38 heavy (non-hydrogen) atoms. The second kappa shape index (κ2) is 10.3. The van der Waals surface area contributed by atoms with Gasteiger partial charge >= 0.3 is 0 Å². The predicted molar refractivity (Wildman–Crippen MR) is 145 cm³/mol. The Morgan fingerprint density at radius 1 is 1.03 bits per heavy atom. The second-order valence-corrected chi connectivity index (χ2v) is 10.6. The van der Waals surface area contributed by atoms with Crippen LogP contribution in [0, 0.1) is 12.8 Å². The first-order valence-corrected chi connectivity index (χ1v) is 13.0. The topological polar surface area (TPSA) is 79.4 Å². The van der Waals surface area contributed by atoms with Crippen molar-refractivity contribution in [3.05, 3.63) is 41.5 Å². The third kappa shape index (κ3) is 4.97. The lowest BCUT2D eigenvalue weighted by atomic mass is 9.87. The zero-order valence-corrected chi connectivity index (χ0v) is 23.1. The van der Waals surface area contributed by atoms with Crippen molar-refractivity contribution in [3.8, 4) is 34.3 Å². The number of methoxy groups -OCH3 is 3. The Labute approximate surface area is 223 Å². The number of hydrogen-bond donors (Lipinski definition) is 0. The van der Waals surface area contributed by atoms with Crippen LogP contribution in [0.15, 0.2) is 30.3 Å². The van der Waals surface area contributed by atoms with Gasteiger partial charge in [-0.3, -0.25) is 4.79 Å². The number of carbonyl (C=O) groups excluding carboxylic acids is 1. The van der Waals surface area contributed by atoms with Crippen molar-refractivity contribution >= 4 is 16.8 Å². The quantitative estimate of drug-likeness (QED) is 0.460. The molecule has 3 aromatic rings. The van der Waals surface area contributed by atoms with Crippen molar-refractivity contribution in [1.29, 1.82) is 0 Å². The maximum atomic E-state index is 13.6. The summed E-state index contributed by atoms with van der Waals surface area (Å²) in [6, 6.07) is 9.86. The molecule has 3 heterocycles. The molecule has 1 amide bonds. The molecule has 2 aromatic carbocycles. The highest BCUT2D eigenvalue weighted by Gasteiger charge is 2.36. The van der Waals surface area contributed by atoms with Crippen LogP contribution >= 0.6 is 0 Å². The highest BCUT2D eigenvalue weighted by molar-refractivity contribution is 5.91. The summed E-state index contributed by atoms with van der Waals surface area (Å²) >= 11 is 0. The summed E-state index contributed by atoms with van der Waals surface area (Å²) in [4.78, 5) is 20.5. The third-order valence-corrected chi connectivity index (χ3v) is 7.49. The van der Waals surface area contributed by atoms with Crippen molar-refractivity contribution in [3.63, 3.8) is 0 Å². The number of nitrogens with zero attached hydrogens (tertiary/aromatic N) is 2. The summed E-state index contributed by atoms with van der Waals surface area (Å²) in [5.74, 6) is 2.76. The van der Waals surface area contributed by atoms with E-state index in [0.717, 1.165) is 39.7 Å². The number of carbonyl (C=O) groups is 1. The van der Waals surface area contributed by atoms with E-state index in [4.69, 9.17) is 28.7 Å². The number of fused-ring (bicyclic) bond motifs is 2. The molecule has 0 saturated carbocycles. The summed E-state index contributed by atoms with van der Waals surface area (Å²) in [5, 5.41) is 0.964. The largest absolute Gasteiger partial charge is 0.497 e. The number of aromatic nitrogens is 1. The van der Waals surface area contributed by atoms with Crippen LogP contribution in [0.1, 0.15) is 37.8 Å². The molecule has 0 spiro atoms.